The van der Waals surface area contributed by atoms with E-state index < -0.39 is 0 Å². The molecule has 0 aliphatic carbocycles. The Labute approximate surface area is 125 Å². The molecule has 0 N–H and O–H groups in total. The second kappa shape index (κ2) is 6.44. The lowest BCUT2D eigenvalue weighted by atomic mass is 10.0. The van der Waals surface area contributed by atoms with Crippen LogP contribution in [0.4, 0.5) is 4.39 Å². The topological polar surface area (TPSA) is 9.23 Å². The Hall–Kier alpha value is -1.00. The minimum absolute atomic E-state index is 0.0242. The smallest absolute Gasteiger partial charge is 0.165 e. The third-order valence-corrected chi connectivity index (χ3v) is 4.68. The fourth-order valence-corrected chi connectivity index (χ4v) is 2.80. The summed E-state index contributed by atoms with van der Waals surface area (Å²) in [5.74, 6) is -0.0774. The Morgan fingerprint density at radius 1 is 1.11 bits per heavy atom. The van der Waals surface area contributed by atoms with Gasteiger partial charge in [0.1, 0.15) is 0 Å². The van der Waals surface area contributed by atoms with Crippen LogP contribution in [0.25, 0.3) is 0 Å². The highest BCUT2D eigenvalue weighted by Gasteiger charge is 2.13. The molecule has 0 amide bonds. The van der Waals surface area contributed by atoms with Crippen LogP contribution in [0.2, 0.25) is 0 Å². The predicted octanol–water partition coefficient (Wildman–Crippen LogP) is 5.04. The van der Waals surface area contributed by atoms with Gasteiger partial charge in [-0.15, -0.1) is 11.8 Å². The van der Waals surface area contributed by atoms with Crippen LogP contribution in [0, 0.1) is 5.82 Å². The number of thioether (sulfide) groups is 1. The number of hydrogen-bond donors (Lipinski definition) is 0. The SMILES string of the molecule is COc1ccc(C(Br)c2ccc(SC)cc2)cc1F. The van der Waals surface area contributed by atoms with E-state index in [0.29, 0.717) is 0 Å². The lowest BCUT2D eigenvalue weighted by Gasteiger charge is -2.12. The van der Waals surface area contributed by atoms with Crippen LogP contribution in [-0.2, 0) is 0 Å². The largest absolute Gasteiger partial charge is 0.494 e. The molecule has 0 bridgehead atoms. The molecule has 0 spiro atoms. The van der Waals surface area contributed by atoms with E-state index in [1.165, 1.54) is 18.1 Å². The molecule has 0 heterocycles. The number of rotatable bonds is 4. The van der Waals surface area contributed by atoms with E-state index in [1.54, 1.807) is 17.8 Å². The number of benzene rings is 2. The molecule has 19 heavy (non-hydrogen) atoms. The summed E-state index contributed by atoms with van der Waals surface area (Å²) in [5, 5.41) is 0. The Morgan fingerprint density at radius 2 is 1.74 bits per heavy atom. The summed E-state index contributed by atoms with van der Waals surface area (Å²) < 4.78 is 18.6. The maximum atomic E-state index is 13.7. The van der Waals surface area contributed by atoms with Gasteiger partial charge >= 0.3 is 0 Å². The van der Waals surface area contributed by atoms with Crippen molar-refractivity contribution in [3.05, 3.63) is 59.4 Å². The van der Waals surface area contributed by atoms with E-state index in [2.05, 4.69) is 28.1 Å². The highest BCUT2D eigenvalue weighted by atomic mass is 79.9. The molecular formula is C15H14BrFOS. The quantitative estimate of drug-likeness (QED) is 0.569. The molecule has 100 valence electrons. The zero-order valence-corrected chi connectivity index (χ0v) is 13.1. The molecule has 0 saturated heterocycles. The van der Waals surface area contributed by atoms with Crippen molar-refractivity contribution in [1.82, 2.24) is 0 Å². The lowest BCUT2D eigenvalue weighted by molar-refractivity contribution is 0.386. The number of alkyl halides is 1. The van der Waals surface area contributed by atoms with Crippen LogP contribution in [0.1, 0.15) is 16.0 Å². The van der Waals surface area contributed by atoms with Gasteiger partial charge in [0.2, 0.25) is 0 Å². The number of ether oxygens (including phenoxy) is 1. The van der Waals surface area contributed by atoms with Gasteiger partial charge in [-0.3, -0.25) is 0 Å². The number of hydrogen-bond acceptors (Lipinski definition) is 2. The Kier molecular flexibility index (Phi) is 4.88. The number of methoxy groups -OCH3 is 1. The van der Waals surface area contributed by atoms with Gasteiger partial charge in [0, 0.05) is 4.90 Å². The maximum Gasteiger partial charge on any atom is 0.165 e. The average molecular weight is 341 g/mol. The van der Waals surface area contributed by atoms with Gasteiger partial charge in [0.05, 0.1) is 11.9 Å². The normalized spacial score (nSPS) is 12.2. The van der Waals surface area contributed by atoms with Gasteiger partial charge in [0.25, 0.3) is 0 Å². The molecule has 0 fully saturated rings. The highest BCUT2D eigenvalue weighted by Crippen LogP contribution is 2.33. The van der Waals surface area contributed by atoms with E-state index in [4.69, 9.17) is 4.74 Å². The molecule has 0 aromatic heterocycles. The second-order valence-corrected chi connectivity index (χ2v) is 5.83. The molecule has 1 nitrogen and oxygen atoms in total. The zero-order valence-electron chi connectivity index (χ0n) is 10.7. The average Bonchev–Trinajstić information content (AvgIpc) is 2.46. The highest BCUT2D eigenvalue weighted by molar-refractivity contribution is 9.09. The molecule has 2 rings (SSSR count). The molecule has 1 unspecified atom stereocenters. The molecule has 2 aromatic carbocycles. The van der Waals surface area contributed by atoms with Crippen LogP contribution in [0.15, 0.2) is 47.4 Å². The molecular weight excluding hydrogens is 327 g/mol. The third-order valence-electron chi connectivity index (χ3n) is 2.88. The van der Waals surface area contributed by atoms with Crippen molar-refractivity contribution in [3.63, 3.8) is 0 Å². The van der Waals surface area contributed by atoms with Crippen molar-refractivity contribution in [3.8, 4) is 5.75 Å². The van der Waals surface area contributed by atoms with Crippen LogP contribution in [0.5, 0.6) is 5.75 Å². The lowest BCUT2D eigenvalue weighted by Crippen LogP contribution is -1.95. The Balaban J connectivity index is 2.27. The molecule has 0 saturated carbocycles. The first-order valence-electron chi connectivity index (χ1n) is 5.77. The van der Waals surface area contributed by atoms with Crippen LogP contribution in [0.3, 0.4) is 0 Å². The zero-order chi connectivity index (χ0) is 13.8. The minimum Gasteiger partial charge on any atom is -0.494 e. The van der Waals surface area contributed by atoms with Crippen molar-refractivity contribution in [2.45, 2.75) is 9.72 Å². The molecule has 1 atom stereocenters. The van der Waals surface area contributed by atoms with Crippen molar-refractivity contribution < 1.29 is 9.13 Å². The summed E-state index contributed by atoms with van der Waals surface area (Å²) in [6.07, 6.45) is 2.04. The minimum atomic E-state index is -0.342. The maximum absolute atomic E-state index is 13.7. The van der Waals surface area contributed by atoms with Crippen molar-refractivity contribution in [1.29, 1.82) is 0 Å². The van der Waals surface area contributed by atoms with Crippen LogP contribution >= 0.6 is 27.7 Å². The van der Waals surface area contributed by atoms with Crippen molar-refractivity contribution in [2.24, 2.45) is 0 Å². The van der Waals surface area contributed by atoms with E-state index >= 15 is 0 Å². The first kappa shape index (κ1) is 14.4. The van der Waals surface area contributed by atoms with Gasteiger partial charge in [-0.05, 0) is 41.6 Å². The standard InChI is InChI=1S/C15H14BrFOS/c1-18-14-8-5-11(9-13(14)17)15(16)10-3-6-12(19-2)7-4-10/h3-9,15H,1-2H3. The summed E-state index contributed by atoms with van der Waals surface area (Å²) in [6, 6.07) is 13.2. The van der Waals surface area contributed by atoms with E-state index in [1.807, 2.05) is 24.5 Å². The predicted molar refractivity (Wildman–Crippen MR) is 81.9 cm³/mol. The van der Waals surface area contributed by atoms with Gasteiger partial charge in [-0.25, -0.2) is 4.39 Å². The summed E-state index contributed by atoms with van der Waals surface area (Å²) >= 11 is 5.31. The molecule has 0 radical (unpaired) electrons. The van der Waals surface area contributed by atoms with E-state index in [-0.39, 0.29) is 16.4 Å². The van der Waals surface area contributed by atoms with Crippen molar-refractivity contribution >= 4 is 27.7 Å². The van der Waals surface area contributed by atoms with E-state index in [0.717, 1.165) is 11.1 Å². The molecule has 2 aromatic rings. The van der Waals surface area contributed by atoms with Gasteiger partial charge < -0.3 is 4.74 Å². The summed E-state index contributed by atoms with van der Waals surface area (Å²) in [7, 11) is 1.46. The van der Waals surface area contributed by atoms with Crippen molar-refractivity contribution in [2.75, 3.05) is 13.4 Å². The van der Waals surface area contributed by atoms with Crippen LogP contribution in [-0.4, -0.2) is 13.4 Å². The summed E-state index contributed by atoms with van der Waals surface area (Å²) in [4.78, 5) is 1.19. The first-order valence-corrected chi connectivity index (χ1v) is 7.91. The van der Waals surface area contributed by atoms with Gasteiger partial charge in [-0.1, -0.05) is 34.1 Å². The Morgan fingerprint density at radius 3 is 2.26 bits per heavy atom. The Bertz CT molecular complexity index is 557. The fraction of sp³-hybridized carbons (Fsp3) is 0.200. The summed E-state index contributed by atoms with van der Waals surface area (Å²) in [5.41, 5.74) is 1.97. The van der Waals surface area contributed by atoms with E-state index in [9.17, 15) is 4.39 Å². The second-order valence-electron chi connectivity index (χ2n) is 4.03. The summed E-state index contributed by atoms with van der Waals surface area (Å²) in [6.45, 7) is 0. The molecule has 0 aliphatic rings. The monoisotopic (exact) mass is 340 g/mol. The third kappa shape index (κ3) is 3.31. The molecule has 4 heteroatoms. The van der Waals surface area contributed by atoms with Crippen LogP contribution < -0.4 is 4.74 Å². The first-order chi connectivity index (χ1) is 9.15. The number of halogens is 2. The molecule has 0 aliphatic heterocycles. The van der Waals surface area contributed by atoms with Gasteiger partial charge in [0.15, 0.2) is 11.6 Å². The van der Waals surface area contributed by atoms with Gasteiger partial charge in [-0.2, -0.15) is 0 Å². The fourth-order valence-electron chi connectivity index (χ4n) is 1.81.